The molecule has 0 aromatic heterocycles. The van der Waals surface area contributed by atoms with Crippen LogP contribution in [0.15, 0.2) is 30.3 Å². The maximum Gasteiger partial charge on any atom is 0.240 e. The van der Waals surface area contributed by atoms with Crippen LogP contribution in [0.4, 0.5) is 0 Å². The van der Waals surface area contributed by atoms with Crippen LogP contribution < -0.4 is 5.32 Å². The number of hydrogen-bond donors (Lipinski definition) is 1. The summed E-state index contributed by atoms with van der Waals surface area (Å²) in [4.78, 5) is 14.9. The van der Waals surface area contributed by atoms with Gasteiger partial charge in [-0.15, -0.1) is 0 Å². The normalized spacial score (nSPS) is 28.4. The molecule has 2 saturated heterocycles. The first kappa shape index (κ1) is 15.5. The van der Waals surface area contributed by atoms with Crippen LogP contribution in [0.5, 0.6) is 0 Å². The number of morpholine rings is 1. The molecule has 0 bridgehead atoms. The first-order chi connectivity index (χ1) is 10.6. The maximum atomic E-state index is 13.0. The highest BCUT2D eigenvalue weighted by Crippen LogP contribution is 2.32. The molecule has 120 valence electrons. The summed E-state index contributed by atoms with van der Waals surface area (Å²) in [5.41, 5.74) is 1.17. The summed E-state index contributed by atoms with van der Waals surface area (Å²) in [6, 6.07) is 10.1. The summed E-state index contributed by atoms with van der Waals surface area (Å²) in [6.07, 6.45) is 2.24. The average molecular weight is 302 g/mol. The van der Waals surface area contributed by atoms with E-state index >= 15 is 0 Å². The molecular weight excluding hydrogens is 276 g/mol. The molecule has 0 radical (unpaired) electrons. The van der Waals surface area contributed by atoms with Crippen molar-refractivity contribution in [1.82, 2.24) is 10.2 Å². The number of carbonyl (C=O) groups is 1. The van der Waals surface area contributed by atoms with Gasteiger partial charge in [-0.25, -0.2) is 0 Å². The van der Waals surface area contributed by atoms with Crippen LogP contribution in [0.1, 0.15) is 38.4 Å². The quantitative estimate of drug-likeness (QED) is 0.912. The van der Waals surface area contributed by atoms with E-state index in [4.69, 9.17) is 4.74 Å². The number of nitrogens with zero attached hydrogens (tertiary/aromatic N) is 1. The van der Waals surface area contributed by atoms with Gasteiger partial charge in [0.15, 0.2) is 0 Å². The average Bonchev–Trinajstić information content (AvgIpc) is 2.55. The smallest absolute Gasteiger partial charge is 0.240 e. The molecule has 2 atom stereocenters. The van der Waals surface area contributed by atoms with Crippen LogP contribution in [0, 0.1) is 5.41 Å². The van der Waals surface area contributed by atoms with Crippen molar-refractivity contribution in [2.75, 3.05) is 26.2 Å². The fourth-order valence-corrected chi connectivity index (χ4v) is 3.53. The summed E-state index contributed by atoms with van der Waals surface area (Å²) in [7, 11) is 0. The Morgan fingerprint density at radius 2 is 2.09 bits per heavy atom. The fraction of sp³-hybridized carbons (Fsp3) is 0.611. The topological polar surface area (TPSA) is 41.6 Å². The van der Waals surface area contributed by atoms with Gasteiger partial charge in [-0.3, -0.25) is 4.79 Å². The molecule has 2 unspecified atom stereocenters. The van der Waals surface area contributed by atoms with Crippen LogP contribution in [0.25, 0.3) is 0 Å². The zero-order valence-electron chi connectivity index (χ0n) is 13.5. The minimum absolute atomic E-state index is 0.00870. The third kappa shape index (κ3) is 3.18. The second-order valence-electron chi connectivity index (χ2n) is 7.03. The number of hydrogen-bond acceptors (Lipinski definition) is 3. The SMILES string of the molecule is CC1(C)CCCNC1C(=O)N1CCOC(c2ccccc2)C1. The number of ether oxygens (including phenoxy) is 1. The predicted molar refractivity (Wildman–Crippen MR) is 86.5 cm³/mol. The Hall–Kier alpha value is -1.39. The lowest BCUT2D eigenvalue weighted by atomic mass is 9.77. The van der Waals surface area contributed by atoms with Crippen LogP contribution in [0.3, 0.4) is 0 Å². The molecule has 2 heterocycles. The Bertz CT molecular complexity index is 515. The molecule has 2 aliphatic rings. The van der Waals surface area contributed by atoms with E-state index < -0.39 is 0 Å². The van der Waals surface area contributed by atoms with Crippen molar-refractivity contribution in [3.63, 3.8) is 0 Å². The van der Waals surface area contributed by atoms with Gasteiger partial charge in [-0.2, -0.15) is 0 Å². The molecule has 4 heteroatoms. The zero-order chi connectivity index (χ0) is 15.6. The van der Waals surface area contributed by atoms with E-state index in [1.54, 1.807) is 0 Å². The maximum absolute atomic E-state index is 13.0. The van der Waals surface area contributed by atoms with Crippen molar-refractivity contribution in [1.29, 1.82) is 0 Å². The standard InChI is InChI=1S/C18H26N2O2/c1-18(2)9-6-10-19-16(18)17(21)20-11-12-22-15(13-20)14-7-4-3-5-8-14/h3-5,7-8,15-16,19H,6,9-13H2,1-2H3. The highest BCUT2D eigenvalue weighted by atomic mass is 16.5. The Morgan fingerprint density at radius 3 is 2.82 bits per heavy atom. The Kier molecular flexibility index (Phi) is 4.50. The zero-order valence-corrected chi connectivity index (χ0v) is 13.5. The molecular formula is C18H26N2O2. The second kappa shape index (κ2) is 6.39. The van der Waals surface area contributed by atoms with Gasteiger partial charge in [0, 0.05) is 6.54 Å². The number of carbonyl (C=O) groups excluding carboxylic acids is 1. The Morgan fingerprint density at radius 1 is 1.32 bits per heavy atom. The van der Waals surface area contributed by atoms with Crippen molar-refractivity contribution >= 4 is 5.91 Å². The van der Waals surface area contributed by atoms with E-state index in [1.165, 1.54) is 0 Å². The van der Waals surface area contributed by atoms with E-state index in [0.29, 0.717) is 19.7 Å². The number of benzene rings is 1. The number of rotatable bonds is 2. The van der Waals surface area contributed by atoms with Gasteiger partial charge in [0.2, 0.25) is 5.91 Å². The van der Waals surface area contributed by atoms with Crippen molar-refractivity contribution in [2.45, 2.75) is 38.8 Å². The molecule has 0 spiro atoms. The molecule has 1 N–H and O–H groups in total. The number of amides is 1. The summed E-state index contributed by atoms with van der Waals surface area (Å²) in [5.74, 6) is 0.230. The van der Waals surface area contributed by atoms with Crippen molar-refractivity contribution in [2.24, 2.45) is 5.41 Å². The van der Waals surface area contributed by atoms with E-state index in [0.717, 1.165) is 24.9 Å². The Balaban J connectivity index is 1.70. The molecule has 22 heavy (non-hydrogen) atoms. The summed E-state index contributed by atoms with van der Waals surface area (Å²) in [5, 5.41) is 3.43. The molecule has 1 amide bonds. The molecule has 0 aliphatic carbocycles. The predicted octanol–water partition coefficient (Wildman–Crippen LogP) is 2.36. The lowest BCUT2D eigenvalue weighted by Gasteiger charge is -2.42. The third-order valence-electron chi connectivity index (χ3n) is 4.92. The minimum atomic E-state index is -0.0734. The second-order valence-corrected chi connectivity index (χ2v) is 7.03. The van der Waals surface area contributed by atoms with E-state index in [2.05, 4.69) is 31.3 Å². The number of piperidine rings is 1. The molecule has 4 nitrogen and oxygen atoms in total. The molecule has 1 aromatic rings. The fourth-order valence-electron chi connectivity index (χ4n) is 3.53. The minimum Gasteiger partial charge on any atom is -0.370 e. The first-order valence-electron chi connectivity index (χ1n) is 8.27. The van der Waals surface area contributed by atoms with E-state index in [9.17, 15) is 4.79 Å². The van der Waals surface area contributed by atoms with Gasteiger partial charge >= 0.3 is 0 Å². The van der Waals surface area contributed by atoms with Crippen LogP contribution in [-0.4, -0.2) is 43.1 Å². The highest BCUT2D eigenvalue weighted by molar-refractivity contribution is 5.83. The summed E-state index contributed by atoms with van der Waals surface area (Å²) in [6.45, 7) is 7.27. The molecule has 2 fully saturated rings. The first-order valence-corrected chi connectivity index (χ1v) is 8.27. The molecule has 3 rings (SSSR count). The van der Waals surface area contributed by atoms with Crippen LogP contribution in [-0.2, 0) is 9.53 Å². The Labute approximate surface area is 132 Å². The van der Waals surface area contributed by atoms with Gasteiger partial charge in [-0.05, 0) is 30.4 Å². The largest absolute Gasteiger partial charge is 0.370 e. The summed E-state index contributed by atoms with van der Waals surface area (Å²) < 4.78 is 5.87. The van der Waals surface area contributed by atoms with Crippen LogP contribution in [0.2, 0.25) is 0 Å². The van der Waals surface area contributed by atoms with Crippen molar-refractivity contribution < 1.29 is 9.53 Å². The van der Waals surface area contributed by atoms with Gasteiger partial charge in [0.05, 0.1) is 19.2 Å². The highest BCUT2D eigenvalue weighted by Gasteiger charge is 2.40. The third-order valence-corrected chi connectivity index (χ3v) is 4.92. The van der Waals surface area contributed by atoms with Gasteiger partial charge < -0.3 is 15.0 Å². The van der Waals surface area contributed by atoms with Gasteiger partial charge in [0.25, 0.3) is 0 Å². The van der Waals surface area contributed by atoms with Gasteiger partial charge in [0.1, 0.15) is 6.10 Å². The van der Waals surface area contributed by atoms with Gasteiger partial charge in [-0.1, -0.05) is 44.2 Å². The monoisotopic (exact) mass is 302 g/mol. The van der Waals surface area contributed by atoms with E-state index in [-0.39, 0.29) is 23.5 Å². The van der Waals surface area contributed by atoms with Crippen LogP contribution >= 0.6 is 0 Å². The molecule has 2 aliphatic heterocycles. The van der Waals surface area contributed by atoms with E-state index in [1.807, 2.05) is 23.1 Å². The summed E-state index contributed by atoms with van der Waals surface area (Å²) >= 11 is 0. The number of nitrogens with one attached hydrogen (secondary N) is 1. The lowest BCUT2D eigenvalue weighted by molar-refractivity contribution is -0.145. The van der Waals surface area contributed by atoms with Crippen molar-refractivity contribution in [3.05, 3.63) is 35.9 Å². The molecule has 1 aromatic carbocycles. The van der Waals surface area contributed by atoms with Crippen molar-refractivity contribution in [3.8, 4) is 0 Å². The lowest BCUT2D eigenvalue weighted by Crippen LogP contribution is -2.58. The molecule has 0 saturated carbocycles.